The van der Waals surface area contributed by atoms with Crippen LogP contribution >= 0.6 is 0 Å². The first-order chi connectivity index (χ1) is 19.4. The molecule has 0 bridgehead atoms. The summed E-state index contributed by atoms with van der Waals surface area (Å²) in [6.07, 6.45) is 12.5. The second-order valence-electron chi connectivity index (χ2n) is 10.7. The number of hydrogen-bond acceptors (Lipinski definition) is 8. The molecular weight excluding hydrogens is 513 g/mol. The Bertz CT molecular complexity index is 1330. The van der Waals surface area contributed by atoms with E-state index in [1.54, 1.807) is 18.5 Å². The van der Waals surface area contributed by atoms with Gasteiger partial charge in [0.1, 0.15) is 5.56 Å². The first-order valence-corrected chi connectivity index (χ1v) is 14.3. The van der Waals surface area contributed by atoms with E-state index in [1.165, 1.54) is 25.9 Å². The summed E-state index contributed by atoms with van der Waals surface area (Å²) in [6.45, 7) is 6.72. The smallest absolute Gasteiger partial charge is 0.263 e. The van der Waals surface area contributed by atoms with E-state index >= 15 is 0 Å². The SMILES string of the molecule is CCCC(CCNc1cnccc1NC(=O)c1c(N)nn2cc(F)cnc12)C(=O)N1CCC(N2CCCC2)CC1. The van der Waals surface area contributed by atoms with Crippen molar-refractivity contribution in [1.82, 2.24) is 29.4 Å². The third-order valence-corrected chi connectivity index (χ3v) is 7.99. The fraction of sp³-hybridized carbons (Fsp3) is 0.536. The molecule has 2 amide bonds. The molecule has 0 aromatic carbocycles. The molecule has 2 fully saturated rings. The van der Waals surface area contributed by atoms with Crippen LogP contribution in [0.4, 0.5) is 21.6 Å². The van der Waals surface area contributed by atoms with Crippen molar-refractivity contribution in [2.45, 2.75) is 57.9 Å². The molecule has 40 heavy (non-hydrogen) atoms. The molecule has 1 atom stereocenters. The van der Waals surface area contributed by atoms with E-state index in [1.807, 2.05) is 0 Å². The zero-order valence-electron chi connectivity index (χ0n) is 23.0. The van der Waals surface area contributed by atoms with E-state index in [0.29, 0.717) is 30.4 Å². The Morgan fingerprint density at radius 3 is 2.65 bits per heavy atom. The fourth-order valence-electron chi connectivity index (χ4n) is 5.91. The van der Waals surface area contributed by atoms with Crippen LogP contribution in [0.1, 0.15) is 62.2 Å². The van der Waals surface area contributed by atoms with Gasteiger partial charge in [-0.2, -0.15) is 0 Å². The minimum Gasteiger partial charge on any atom is -0.382 e. The van der Waals surface area contributed by atoms with Gasteiger partial charge in [-0.25, -0.2) is 13.9 Å². The second-order valence-corrected chi connectivity index (χ2v) is 10.7. The average Bonchev–Trinajstić information content (AvgIpc) is 3.60. The number of fused-ring (bicyclic) bond motifs is 1. The van der Waals surface area contributed by atoms with Crippen LogP contribution in [0.15, 0.2) is 30.9 Å². The number of piperidine rings is 1. The highest BCUT2D eigenvalue weighted by Gasteiger charge is 2.31. The van der Waals surface area contributed by atoms with Crippen molar-refractivity contribution in [2.24, 2.45) is 5.92 Å². The minimum atomic E-state index is -0.589. The highest BCUT2D eigenvalue weighted by molar-refractivity contribution is 6.12. The first kappa shape index (κ1) is 27.8. The molecular formula is C28H38FN9O2. The molecule has 3 aromatic heterocycles. The van der Waals surface area contributed by atoms with Crippen molar-refractivity contribution < 1.29 is 14.0 Å². The number of carbonyl (C=O) groups excluding carboxylic acids is 2. The van der Waals surface area contributed by atoms with Gasteiger partial charge in [-0.15, -0.1) is 5.10 Å². The maximum Gasteiger partial charge on any atom is 0.263 e. The Labute approximate surface area is 233 Å². The predicted octanol–water partition coefficient (Wildman–Crippen LogP) is 3.40. The lowest BCUT2D eigenvalue weighted by Crippen LogP contribution is -2.47. The number of rotatable bonds is 10. The Balaban J connectivity index is 1.18. The molecule has 2 saturated heterocycles. The van der Waals surface area contributed by atoms with Gasteiger partial charge in [0.05, 0.1) is 30.0 Å². The molecule has 4 N–H and O–H groups in total. The summed E-state index contributed by atoms with van der Waals surface area (Å²) in [5.41, 5.74) is 7.29. The summed E-state index contributed by atoms with van der Waals surface area (Å²) in [4.78, 5) is 39.3. The van der Waals surface area contributed by atoms with Crippen LogP contribution in [0.2, 0.25) is 0 Å². The maximum absolute atomic E-state index is 13.5. The zero-order valence-corrected chi connectivity index (χ0v) is 23.0. The van der Waals surface area contributed by atoms with E-state index in [2.05, 4.69) is 42.4 Å². The van der Waals surface area contributed by atoms with Gasteiger partial charge in [0.15, 0.2) is 17.3 Å². The minimum absolute atomic E-state index is 0.0513. The fourth-order valence-corrected chi connectivity index (χ4v) is 5.91. The van der Waals surface area contributed by atoms with Crippen LogP contribution in [0.25, 0.3) is 5.65 Å². The van der Waals surface area contributed by atoms with Crippen molar-refractivity contribution in [1.29, 1.82) is 0 Å². The molecule has 0 radical (unpaired) electrons. The molecule has 0 spiro atoms. The van der Waals surface area contributed by atoms with Gasteiger partial charge >= 0.3 is 0 Å². The largest absolute Gasteiger partial charge is 0.382 e. The van der Waals surface area contributed by atoms with Crippen LogP contribution in [0, 0.1) is 11.7 Å². The van der Waals surface area contributed by atoms with E-state index in [-0.39, 0.29) is 28.9 Å². The number of likely N-dealkylation sites (tertiary alicyclic amines) is 2. The predicted molar refractivity (Wildman–Crippen MR) is 151 cm³/mol. The van der Waals surface area contributed by atoms with Crippen molar-refractivity contribution in [3.8, 4) is 0 Å². The maximum atomic E-state index is 13.5. The Morgan fingerprint density at radius 1 is 1.12 bits per heavy atom. The quantitative estimate of drug-likeness (QED) is 0.349. The van der Waals surface area contributed by atoms with Crippen LogP contribution in [0.3, 0.4) is 0 Å². The van der Waals surface area contributed by atoms with Crippen molar-refractivity contribution in [3.05, 3.63) is 42.2 Å². The van der Waals surface area contributed by atoms with Gasteiger partial charge in [-0.1, -0.05) is 13.3 Å². The van der Waals surface area contributed by atoms with Gasteiger partial charge in [0.25, 0.3) is 5.91 Å². The number of amides is 2. The summed E-state index contributed by atoms with van der Waals surface area (Å²) in [7, 11) is 0. The van der Waals surface area contributed by atoms with Crippen molar-refractivity contribution in [3.63, 3.8) is 0 Å². The molecule has 1 unspecified atom stereocenters. The summed E-state index contributed by atoms with van der Waals surface area (Å²) in [5, 5.41) is 10.2. The Hall–Kier alpha value is -3.80. The molecule has 0 aliphatic carbocycles. The number of anilines is 3. The molecule has 2 aliphatic rings. The first-order valence-electron chi connectivity index (χ1n) is 14.3. The van der Waals surface area contributed by atoms with E-state index in [9.17, 15) is 14.0 Å². The topological polar surface area (TPSA) is 134 Å². The standard InChI is InChI=1S/C28H38FN9O2/c1-2-5-19(28(40)37-14-8-21(9-15-37)36-12-3-4-13-36)6-11-32-23-17-31-10-7-22(23)34-27(39)24-25(30)35-38-18-20(29)16-33-26(24)38/h7,10,16-19,21,32H,2-6,8-9,11-15H2,1H3,(H2,30,35)(H,31,34,39). The van der Waals surface area contributed by atoms with Gasteiger partial charge in [0.2, 0.25) is 5.91 Å². The molecule has 5 rings (SSSR count). The zero-order chi connectivity index (χ0) is 28.1. The highest BCUT2D eigenvalue weighted by atomic mass is 19.1. The average molecular weight is 552 g/mol. The van der Waals surface area contributed by atoms with E-state index < -0.39 is 11.7 Å². The summed E-state index contributed by atoms with van der Waals surface area (Å²) < 4.78 is 14.7. The van der Waals surface area contributed by atoms with Crippen molar-refractivity contribution >= 4 is 34.7 Å². The second kappa shape index (κ2) is 12.6. The third-order valence-electron chi connectivity index (χ3n) is 7.99. The Morgan fingerprint density at radius 2 is 1.90 bits per heavy atom. The molecule has 11 nitrogen and oxygen atoms in total. The van der Waals surface area contributed by atoms with Gasteiger partial charge in [0, 0.05) is 37.8 Å². The lowest BCUT2D eigenvalue weighted by molar-refractivity contribution is -0.137. The molecule has 214 valence electrons. The number of halogens is 1. The van der Waals surface area contributed by atoms with Crippen LogP contribution in [-0.2, 0) is 4.79 Å². The number of carbonyl (C=O) groups is 2. The van der Waals surface area contributed by atoms with E-state index in [0.717, 1.165) is 55.7 Å². The van der Waals surface area contributed by atoms with Crippen LogP contribution in [-0.4, -0.2) is 80.0 Å². The molecule has 3 aromatic rings. The number of hydrogen-bond donors (Lipinski definition) is 3. The van der Waals surface area contributed by atoms with Crippen LogP contribution < -0.4 is 16.4 Å². The number of nitrogens with one attached hydrogen (secondary N) is 2. The van der Waals surface area contributed by atoms with Crippen molar-refractivity contribution in [2.75, 3.05) is 49.1 Å². The summed E-state index contributed by atoms with van der Waals surface area (Å²) in [5.74, 6) is -0.966. The number of aromatic nitrogens is 4. The monoisotopic (exact) mass is 551 g/mol. The lowest BCUT2D eigenvalue weighted by Gasteiger charge is -2.38. The van der Waals surface area contributed by atoms with E-state index in [4.69, 9.17) is 5.73 Å². The number of pyridine rings is 1. The third kappa shape index (κ3) is 6.16. The lowest BCUT2D eigenvalue weighted by atomic mass is 9.95. The van der Waals surface area contributed by atoms with Gasteiger partial charge in [-0.3, -0.25) is 14.6 Å². The Kier molecular flexibility index (Phi) is 8.73. The molecule has 5 heterocycles. The number of nitrogens with two attached hydrogens (primary N) is 1. The molecule has 2 aliphatic heterocycles. The number of nitrogens with zero attached hydrogens (tertiary/aromatic N) is 6. The van der Waals surface area contributed by atoms with Gasteiger partial charge < -0.3 is 26.2 Å². The van der Waals surface area contributed by atoms with Crippen LogP contribution in [0.5, 0.6) is 0 Å². The summed E-state index contributed by atoms with van der Waals surface area (Å²) in [6, 6.07) is 2.29. The summed E-state index contributed by atoms with van der Waals surface area (Å²) >= 11 is 0. The molecule has 0 saturated carbocycles. The normalized spacial score (nSPS) is 17.3. The number of nitrogen functional groups attached to an aromatic ring is 1. The molecule has 12 heteroatoms. The van der Waals surface area contributed by atoms with Gasteiger partial charge in [-0.05, 0) is 57.7 Å². The highest BCUT2D eigenvalue weighted by Crippen LogP contribution is 2.26.